The second-order valence-electron chi connectivity index (χ2n) is 9.03. The summed E-state index contributed by atoms with van der Waals surface area (Å²) in [5, 5.41) is 14.8. The number of carbonyl (C=O) groups excluding carboxylic acids is 1. The number of anilines is 4. The van der Waals surface area contributed by atoms with Crippen molar-refractivity contribution in [1.29, 1.82) is 0 Å². The fourth-order valence-corrected chi connectivity index (χ4v) is 5.03. The molecule has 0 aliphatic rings. The van der Waals surface area contributed by atoms with Gasteiger partial charge in [0.15, 0.2) is 5.82 Å². The van der Waals surface area contributed by atoms with E-state index in [0.717, 1.165) is 11.1 Å². The third-order valence-corrected chi connectivity index (χ3v) is 7.09. The van der Waals surface area contributed by atoms with Crippen LogP contribution in [0.15, 0.2) is 48.9 Å². The monoisotopic (exact) mass is 592 g/mol. The minimum Gasteiger partial charge on any atom is -0.495 e. The molecule has 0 spiro atoms. The van der Waals surface area contributed by atoms with Crippen molar-refractivity contribution in [1.82, 2.24) is 24.7 Å². The molecule has 0 aliphatic heterocycles. The highest BCUT2D eigenvalue weighted by molar-refractivity contribution is 6.41. The first kappa shape index (κ1) is 27.9. The summed E-state index contributed by atoms with van der Waals surface area (Å²) in [4.78, 5) is 25.3. The van der Waals surface area contributed by atoms with Gasteiger partial charge in [0, 0.05) is 48.6 Å². The predicted molar refractivity (Wildman–Crippen MR) is 161 cm³/mol. The molecular formula is C28H26Cl2N8O3. The van der Waals surface area contributed by atoms with Gasteiger partial charge in [-0.05, 0) is 24.6 Å². The lowest BCUT2D eigenvalue weighted by atomic mass is 10.1. The molecule has 0 bridgehead atoms. The Morgan fingerprint density at radius 1 is 1.05 bits per heavy atom. The number of para-hydroxylation sites is 1. The molecule has 210 valence electrons. The van der Waals surface area contributed by atoms with Gasteiger partial charge in [-0.25, -0.2) is 15.0 Å². The van der Waals surface area contributed by atoms with E-state index in [1.54, 1.807) is 35.3 Å². The van der Waals surface area contributed by atoms with E-state index in [1.807, 2.05) is 32.3 Å². The van der Waals surface area contributed by atoms with Crippen LogP contribution in [0.3, 0.4) is 0 Å². The number of aromatic nitrogens is 5. The van der Waals surface area contributed by atoms with E-state index in [-0.39, 0.29) is 10.0 Å². The van der Waals surface area contributed by atoms with Crippen molar-refractivity contribution in [3.05, 3.63) is 70.1 Å². The number of ether oxygens (including phenoxy) is 2. The van der Waals surface area contributed by atoms with Gasteiger partial charge in [-0.2, -0.15) is 5.10 Å². The number of amides is 1. The van der Waals surface area contributed by atoms with Gasteiger partial charge in [-0.1, -0.05) is 35.3 Å². The average Bonchev–Trinajstić information content (AvgIpc) is 3.39. The second-order valence-corrected chi connectivity index (χ2v) is 9.79. The van der Waals surface area contributed by atoms with Crippen LogP contribution in [-0.2, 0) is 18.4 Å². The SMILES string of the molecule is COc1cc(OC)c(Cl)c(-c2cc3cnc(Nc4c(C)cccc4NC=O)nc3c(NCc3cnn(C)c3)n2)c1Cl. The highest BCUT2D eigenvalue weighted by Crippen LogP contribution is 2.46. The van der Waals surface area contributed by atoms with E-state index >= 15 is 0 Å². The molecule has 0 saturated carbocycles. The fourth-order valence-electron chi connectivity index (χ4n) is 4.34. The van der Waals surface area contributed by atoms with Gasteiger partial charge in [0.1, 0.15) is 17.0 Å². The summed E-state index contributed by atoms with van der Waals surface area (Å²) in [6, 6.07) is 8.98. The molecule has 0 unspecified atom stereocenters. The Labute approximate surface area is 245 Å². The first-order valence-corrected chi connectivity index (χ1v) is 13.1. The number of pyridine rings is 1. The van der Waals surface area contributed by atoms with E-state index in [0.29, 0.717) is 69.8 Å². The van der Waals surface area contributed by atoms with Crippen molar-refractivity contribution in [2.75, 3.05) is 30.2 Å². The maximum Gasteiger partial charge on any atom is 0.227 e. The number of nitrogens with one attached hydrogen (secondary N) is 3. The van der Waals surface area contributed by atoms with Crippen molar-refractivity contribution < 1.29 is 14.3 Å². The molecule has 2 aromatic carbocycles. The Bertz CT molecular complexity index is 1730. The summed E-state index contributed by atoms with van der Waals surface area (Å²) in [5.74, 6) is 1.57. The van der Waals surface area contributed by atoms with Crippen LogP contribution in [0, 0.1) is 6.92 Å². The molecule has 0 atom stereocenters. The van der Waals surface area contributed by atoms with Gasteiger partial charge in [0.05, 0.1) is 47.5 Å². The predicted octanol–water partition coefficient (Wildman–Crippen LogP) is 5.98. The number of nitrogens with zero attached hydrogens (tertiary/aromatic N) is 5. The lowest BCUT2D eigenvalue weighted by Crippen LogP contribution is -2.07. The molecule has 5 aromatic rings. The third-order valence-electron chi connectivity index (χ3n) is 6.34. The van der Waals surface area contributed by atoms with Gasteiger partial charge in [-0.15, -0.1) is 0 Å². The van der Waals surface area contributed by atoms with Gasteiger partial charge in [0.2, 0.25) is 12.4 Å². The number of benzene rings is 2. The smallest absolute Gasteiger partial charge is 0.227 e. The Hall–Kier alpha value is -4.61. The highest BCUT2D eigenvalue weighted by Gasteiger charge is 2.22. The highest BCUT2D eigenvalue weighted by atomic mass is 35.5. The number of aryl methyl sites for hydroxylation is 2. The number of halogens is 2. The molecule has 0 aliphatic carbocycles. The summed E-state index contributed by atoms with van der Waals surface area (Å²) >= 11 is 13.4. The zero-order valence-corrected chi connectivity index (χ0v) is 24.1. The summed E-state index contributed by atoms with van der Waals surface area (Å²) < 4.78 is 12.6. The second kappa shape index (κ2) is 11.9. The minimum atomic E-state index is 0.289. The van der Waals surface area contributed by atoms with Gasteiger partial charge in [-0.3, -0.25) is 9.48 Å². The molecule has 41 heavy (non-hydrogen) atoms. The maximum absolute atomic E-state index is 11.2. The largest absolute Gasteiger partial charge is 0.495 e. The van der Waals surface area contributed by atoms with E-state index in [4.69, 9.17) is 42.6 Å². The fraction of sp³-hybridized carbons (Fsp3) is 0.179. The van der Waals surface area contributed by atoms with E-state index < -0.39 is 0 Å². The van der Waals surface area contributed by atoms with Crippen LogP contribution >= 0.6 is 23.2 Å². The molecular weight excluding hydrogens is 567 g/mol. The standard InChI is InChI=1S/C28H26Cl2N8O3/c1-15-6-5-7-18(33-14-39)25(15)36-28-32-12-17-8-19(22-23(29)20(40-3)9-21(41-4)24(22)30)35-27(26(17)37-28)31-10-16-11-34-38(2)13-16/h5-9,11-14H,10H2,1-4H3,(H,31,35)(H,33,39)(H,32,36,37). The number of carbonyl (C=O) groups is 1. The topological polar surface area (TPSA) is 128 Å². The maximum atomic E-state index is 11.2. The minimum absolute atomic E-state index is 0.289. The third kappa shape index (κ3) is 5.67. The van der Waals surface area contributed by atoms with E-state index in [2.05, 4.69) is 26.0 Å². The van der Waals surface area contributed by atoms with Crippen LogP contribution in [0.25, 0.3) is 22.2 Å². The number of hydrogen-bond donors (Lipinski definition) is 3. The normalized spacial score (nSPS) is 10.9. The van der Waals surface area contributed by atoms with Gasteiger partial charge >= 0.3 is 0 Å². The quantitative estimate of drug-likeness (QED) is 0.168. The summed E-state index contributed by atoms with van der Waals surface area (Å²) in [6.45, 7) is 2.35. The molecule has 3 N–H and O–H groups in total. The Kier molecular flexibility index (Phi) is 8.09. The van der Waals surface area contributed by atoms with Crippen molar-refractivity contribution in [2.45, 2.75) is 13.5 Å². The molecule has 1 amide bonds. The number of hydrogen-bond acceptors (Lipinski definition) is 9. The van der Waals surface area contributed by atoms with Crippen LogP contribution in [0.5, 0.6) is 11.5 Å². The van der Waals surface area contributed by atoms with Crippen LogP contribution < -0.4 is 25.4 Å². The van der Waals surface area contributed by atoms with Crippen LogP contribution in [0.1, 0.15) is 11.1 Å². The lowest BCUT2D eigenvalue weighted by Gasteiger charge is -2.17. The van der Waals surface area contributed by atoms with Crippen LogP contribution in [0.2, 0.25) is 10.0 Å². The first-order valence-electron chi connectivity index (χ1n) is 12.4. The summed E-state index contributed by atoms with van der Waals surface area (Å²) in [5.41, 5.74) is 4.60. The van der Waals surface area contributed by atoms with Crippen molar-refractivity contribution in [3.63, 3.8) is 0 Å². The molecule has 3 heterocycles. The molecule has 3 aromatic heterocycles. The molecule has 0 fully saturated rings. The molecule has 5 rings (SSSR count). The first-order chi connectivity index (χ1) is 19.8. The Morgan fingerprint density at radius 2 is 1.80 bits per heavy atom. The average molecular weight is 593 g/mol. The number of methoxy groups -OCH3 is 2. The van der Waals surface area contributed by atoms with E-state index in [1.165, 1.54) is 14.2 Å². The lowest BCUT2D eigenvalue weighted by molar-refractivity contribution is -0.105. The summed E-state index contributed by atoms with van der Waals surface area (Å²) in [6.07, 6.45) is 5.97. The van der Waals surface area contributed by atoms with Crippen molar-refractivity contribution in [3.8, 4) is 22.8 Å². The molecule has 0 radical (unpaired) electrons. The Morgan fingerprint density at radius 3 is 2.46 bits per heavy atom. The number of fused-ring (bicyclic) bond motifs is 1. The number of rotatable bonds is 10. The molecule has 0 saturated heterocycles. The zero-order valence-electron chi connectivity index (χ0n) is 22.6. The summed E-state index contributed by atoms with van der Waals surface area (Å²) in [7, 11) is 4.88. The molecule has 11 nitrogen and oxygen atoms in total. The van der Waals surface area contributed by atoms with Crippen molar-refractivity contribution in [2.24, 2.45) is 7.05 Å². The molecule has 13 heteroatoms. The van der Waals surface area contributed by atoms with E-state index in [9.17, 15) is 4.79 Å². The zero-order chi connectivity index (χ0) is 29.1. The van der Waals surface area contributed by atoms with Crippen LogP contribution in [0.4, 0.5) is 23.1 Å². The van der Waals surface area contributed by atoms with Gasteiger partial charge < -0.3 is 25.4 Å². The van der Waals surface area contributed by atoms with Crippen LogP contribution in [-0.4, -0.2) is 45.4 Å². The Balaban J connectivity index is 1.65. The van der Waals surface area contributed by atoms with Crippen molar-refractivity contribution >= 4 is 63.7 Å². The van der Waals surface area contributed by atoms with Gasteiger partial charge in [0.25, 0.3) is 0 Å².